The van der Waals surface area contributed by atoms with Crippen LogP contribution in [0.2, 0.25) is 0 Å². The SMILES string of the molecule is COC(=O)c1cc(N)cc(-c2ncccc2OC)c1. The van der Waals surface area contributed by atoms with E-state index in [4.69, 9.17) is 15.2 Å². The summed E-state index contributed by atoms with van der Waals surface area (Å²) in [4.78, 5) is 15.8. The number of rotatable bonds is 3. The predicted octanol–water partition coefficient (Wildman–Crippen LogP) is 2.13. The van der Waals surface area contributed by atoms with E-state index in [1.165, 1.54) is 7.11 Å². The van der Waals surface area contributed by atoms with Crippen molar-refractivity contribution in [3.8, 4) is 17.0 Å². The molecule has 0 bridgehead atoms. The number of methoxy groups -OCH3 is 2. The van der Waals surface area contributed by atoms with Crippen LogP contribution in [0.5, 0.6) is 5.75 Å². The third kappa shape index (κ3) is 2.65. The molecular weight excluding hydrogens is 244 g/mol. The fourth-order valence-corrected chi connectivity index (χ4v) is 1.80. The smallest absolute Gasteiger partial charge is 0.337 e. The van der Waals surface area contributed by atoms with Crippen molar-refractivity contribution in [3.05, 3.63) is 42.1 Å². The lowest BCUT2D eigenvalue weighted by Crippen LogP contribution is -2.03. The van der Waals surface area contributed by atoms with Gasteiger partial charge in [-0.2, -0.15) is 0 Å². The minimum Gasteiger partial charge on any atom is -0.494 e. The summed E-state index contributed by atoms with van der Waals surface area (Å²) < 4.78 is 9.94. The molecule has 2 N–H and O–H groups in total. The van der Waals surface area contributed by atoms with Crippen LogP contribution in [0.1, 0.15) is 10.4 Å². The van der Waals surface area contributed by atoms with E-state index in [2.05, 4.69) is 4.98 Å². The molecule has 0 amide bonds. The second-order valence-corrected chi connectivity index (χ2v) is 3.89. The molecular formula is C14H14N2O3. The zero-order valence-electron chi connectivity index (χ0n) is 10.7. The van der Waals surface area contributed by atoms with E-state index in [0.717, 1.165) is 0 Å². The van der Waals surface area contributed by atoms with Crippen LogP contribution in [0.15, 0.2) is 36.5 Å². The Kier molecular flexibility index (Phi) is 3.66. The summed E-state index contributed by atoms with van der Waals surface area (Å²) in [5, 5.41) is 0. The number of ether oxygens (including phenoxy) is 2. The van der Waals surface area contributed by atoms with E-state index in [0.29, 0.717) is 28.3 Å². The molecule has 5 heteroatoms. The van der Waals surface area contributed by atoms with E-state index in [9.17, 15) is 4.79 Å². The maximum atomic E-state index is 11.6. The molecule has 0 aliphatic heterocycles. The molecule has 0 saturated carbocycles. The Balaban J connectivity index is 2.56. The van der Waals surface area contributed by atoms with Gasteiger partial charge < -0.3 is 15.2 Å². The van der Waals surface area contributed by atoms with Crippen molar-refractivity contribution >= 4 is 11.7 Å². The molecule has 0 spiro atoms. The number of benzene rings is 1. The number of carbonyl (C=O) groups excluding carboxylic acids is 1. The first kappa shape index (κ1) is 12.9. The van der Waals surface area contributed by atoms with Crippen molar-refractivity contribution in [1.29, 1.82) is 0 Å². The van der Waals surface area contributed by atoms with Crippen molar-refractivity contribution in [2.24, 2.45) is 0 Å². The molecule has 0 unspecified atom stereocenters. The highest BCUT2D eigenvalue weighted by molar-refractivity contribution is 5.92. The monoisotopic (exact) mass is 258 g/mol. The zero-order chi connectivity index (χ0) is 13.8. The quantitative estimate of drug-likeness (QED) is 0.674. The number of hydrogen-bond donors (Lipinski definition) is 1. The van der Waals surface area contributed by atoms with Crippen molar-refractivity contribution in [3.63, 3.8) is 0 Å². The molecule has 98 valence electrons. The number of nitrogens with zero attached hydrogens (tertiary/aromatic N) is 1. The number of esters is 1. The van der Waals surface area contributed by atoms with Crippen LogP contribution in [0.25, 0.3) is 11.3 Å². The van der Waals surface area contributed by atoms with Gasteiger partial charge in [0, 0.05) is 17.4 Å². The van der Waals surface area contributed by atoms with Crippen molar-refractivity contribution in [2.45, 2.75) is 0 Å². The maximum absolute atomic E-state index is 11.6. The summed E-state index contributed by atoms with van der Waals surface area (Å²) in [5.41, 5.74) is 7.98. The van der Waals surface area contributed by atoms with Gasteiger partial charge in [0.15, 0.2) is 0 Å². The minimum absolute atomic E-state index is 0.380. The Morgan fingerprint density at radius 2 is 2.05 bits per heavy atom. The van der Waals surface area contributed by atoms with Gasteiger partial charge in [-0.15, -0.1) is 0 Å². The van der Waals surface area contributed by atoms with Crippen LogP contribution in [0, 0.1) is 0 Å². The second kappa shape index (κ2) is 5.39. The summed E-state index contributed by atoms with van der Waals surface area (Å²) in [6, 6.07) is 8.54. The molecule has 0 saturated heterocycles. The molecule has 0 aliphatic carbocycles. The molecule has 19 heavy (non-hydrogen) atoms. The van der Waals surface area contributed by atoms with Gasteiger partial charge in [-0.3, -0.25) is 4.98 Å². The minimum atomic E-state index is -0.441. The van der Waals surface area contributed by atoms with Gasteiger partial charge in [-0.05, 0) is 30.3 Å². The fourth-order valence-electron chi connectivity index (χ4n) is 1.80. The molecule has 5 nitrogen and oxygen atoms in total. The maximum Gasteiger partial charge on any atom is 0.337 e. The summed E-state index contributed by atoms with van der Waals surface area (Å²) in [5.74, 6) is 0.173. The molecule has 1 aromatic heterocycles. The lowest BCUT2D eigenvalue weighted by Gasteiger charge is -2.09. The largest absolute Gasteiger partial charge is 0.494 e. The average Bonchev–Trinajstić information content (AvgIpc) is 2.45. The number of aromatic nitrogens is 1. The Morgan fingerprint density at radius 3 is 2.74 bits per heavy atom. The average molecular weight is 258 g/mol. The molecule has 0 fully saturated rings. The van der Waals surface area contributed by atoms with Crippen molar-refractivity contribution in [1.82, 2.24) is 4.98 Å². The number of hydrogen-bond acceptors (Lipinski definition) is 5. The lowest BCUT2D eigenvalue weighted by atomic mass is 10.1. The standard InChI is InChI=1S/C14H14N2O3/c1-18-12-4-3-5-16-13(12)9-6-10(14(17)19-2)8-11(15)7-9/h3-8H,15H2,1-2H3. The fraction of sp³-hybridized carbons (Fsp3) is 0.143. The number of nitrogen functional groups attached to an aromatic ring is 1. The number of pyridine rings is 1. The van der Waals surface area contributed by atoms with Gasteiger partial charge in [-0.25, -0.2) is 4.79 Å². The van der Waals surface area contributed by atoms with Gasteiger partial charge in [0.25, 0.3) is 0 Å². The van der Waals surface area contributed by atoms with Gasteiger partial charge in [0.2, 0.25) is 0 Å². The Morgan fingerprint density at radius 1 is 1.26 bits per heavy atom. The van der Waals surface area contributed by atoms with Crippen LogP contribution >= 0.6 is 0 Å². The number of carbonyl (C=O) groups is 1. The molecule has 1 heterocycles. The summed E-state index contributed by atoms with van der Waals surface area (Å²) >= 11 is 0. The van der Waals surface area contributed by atoms with Gasteiger partial charge >= 0.3 is 5.97 Å². The van der Waals surface area contributed by atoms with Gasteiger partial charge in [0.05, 0.1) is 19.8 Å². The van der Waals surface area contributed by atoms with Crippen LogP contribution in [-0.2, 0) is 4.74 Å². The van der Waals surface area contributed by atoms with Crippen LogP contribution in [0.3, 0.4) is 0 Å². The first-order chi connectivity index (χ1) is 9.15. The highest BCUT2D eigenvalue weighted by atomic mass is 16.5. The van der Waals surface area contributed by atoms with E-state index >= 15 is 0 Å². The normalized spacial score (nSPS) is 10.0. The Hall–Kier alpha value is -2.56. The Labute approximate surface area is 111 Å². The number of nitrogens with two attached hydrogens (primary N) is 1. The summed E-state index contributed by atoms with van der Waals surface area (Å²) in [7, 11) is 2.89. The predicted molar refractivity (Wildman–Crippen MR) is 72.0 cm³/mol. The van der Waals surface area contributed by atoms with Crippen LogP contribution in [0.4, 0.5) is 5.69 Å². The molecule has 0 radical (unpaired) electrons. The first-order valence-corrected chi connectivity index (χ1v) is 5.64. The molecule has 0 atom stereocenters. The zero-order valence-corrected chi connectivity index (χ0v) is 10.7. The lowest BCUT2D eigenvalue weighted by molar-refractivity contribution is 0.0601. The molecule has 2 rings (SSSR count). The number of anilines is 1. The van der Waals surface area contributed by atoms with Gasteiger partial charge in [0.1, 0.15) is 11.4 Å². The third-order valence-electron chi connectivity index (χ3n) is 2.64. The topological polar surface area (TPSA) is 74.4 Å². The first-order valence-electron chi connectivity index (χ1n) is 5.64. The molecule has 0 aliphatic rings. The van der Waals surface area contributed by atoms with Crippen molar-refractivity contribution in [2.75, 3.05) is 20.0 Å². The van der Waals surface area contributed by atoms with E-state index in [-0.39, 0.29) is 0 Å². The van der Waals surface area contributed by atoms with Crippen LogP contribution < -0.4 is 10.5 Å². The second-order valence-electron chi connectivity index (χ2n) is 3.89. The van der Waals surface area contributed by atoms with Crippen LogP contribution in [-0.4, -0.2) is 25.2 Å². The Bertz CT molecular complexity index is 611. The van der Waals surface area contributed by atoms with E-state index < -0.39 is 5.97 Å². The highest BCUT2D eigenvalue weighted by Gasteiger charge is 2.12. The highest BCUT2D eigenvalue weighted by Crippen LogP contribution is 2.29. The van der Waals surface area contributed by atoms with Gasteiger partial charge in [-0.1, -0.05) is 0 Å². The summed E-state index contributed by atoms with van der Waals surface area (Å²) in [6.07, 6.45) is 1.65. The van der Waals surface area contributed by atoms with E-state index in [1.54, 1.807) is 43.6 Å². The van der Waals surface area contributed by atoms with Crippen molar-refractivity contribution < 1.29 is 14.3 Å². The molecule has 1 aromatic carbocycles. The van der Waals surface area contributed by atoms with E-state index in [1.807, 2.05) is 0 Å². The summed E-state index contributed by atoms with van der Waals surface area (Å²) in [6.45, 7) is 0. The third-order valence-corrected chi connectivity index (χ3v) is 2.64. The molecule has 2 aromatic rings.